The van der Waals surface area contributed by atoms with Crippen molar-refractivity contribution in [2.24, 2.45) is 0 Å². The summed E-state index contributed by atoms with van der Waals surface area (Å²) in [6, 6.07) is 0. The van der Waals surface area contributed by atoms with E-state index in [-0.39, 0.29) is 0 Å². The van der Waals surface area contributed by atoms with Gasteiger partial charge in [-0.2, -0.15) is 0 Å². The van der Waals surface area contributed by atoms with Crippen molar-refractivity contribution in [1.29, 1.82) is 0 Å². The van der Waals surface area contributed by atoms with Gasteiger partial charge in [0.25, 0.3) is 0 Å². The molecule has 0 aliphatic heterocycles. The Bertz CT molecular complexity index is 138. The standard InChI is InChI=1S/C16H34OS2/c1-2-3-4-5-6-7-9-12-15-18-19-16-13-10-8-11-14-17/h17H,2-16H2,1H3. The number of unbranched alkanes of at least 4 members (excludes halogenated alkanes) is 10. The summed E-state index contributed by atoms with van der Waals surface area (Å²) in [5.41, 5.74) is 0. The van der Waals surface area contributed by atoms with Crippen molar-refractivity contribution in [3.63, 3.8) is 0 Å². The number of aliphatic hydroxyl groups excluding tert-OH is 1. The topological polar surface area (TPSA) is 20.2 Å². The summed E-state index contributed by atoms with van der Waals surface area (Å²) in [7, 11) is 4.10. The molecule has 1 N–H and O–H groups in total. The fourth-order valence-corrected chi connectivity index (χ4v) is 4.33. The Labute approximate surface area is 129 Å². The second-order valence-corrected chi connectivity index (χ2v) is 7.96. The lowest BCUT2D eigenvalue weighted by atomic mass is 10.1. The van der Waals surface area contributed by atoms with E-state index in [0.29, 0.717) is 6.61 Å². The molecule has 0 saturated carbocycles. The van der Waals surface area contributed by atoms with Gasteiger partial charge in [-0.05, 0) is 19.3 Å². The minimum absolute atomic E-state index is 0.361. The van der Waals surface area contributed by atoms with Gasteiger partial charge in [0.15, 0.2) is 0 Å². The van der Waals surface area contributed by atoms with E-state index in [1.165, 1.54) is 82.1 Å². The quantitative estimate of drug-likeness (QED) is 0.276. The van der Waals surface area contributed by atoms with Gasteiger partial charge in [-0.15, -0.1) is 0 Å². The molecule has 0 unspecified atom stereocenters. The maximum absolute atomic E-state index is 8.66. The molecular formula is C16H34OS2. The minimum atomic E-state index is 0.361. The molecule has 1 nitrogen and oxygen atoms in total. The van der Waals surface area contributed by atoms with Crippen LogP contribution in [0, 0.1) is 0 Å². The third kappa shape index (κ3) is 18.7. The highest BCUT2D eigenvalue weighted by molar-refractivity contribution is 8.76. The molecule has 0 amide bonds. The average Bonchev–Trinajstić information content (AvgIpc) is 2.43. The number of hydrogen-bond donors (Lipinski definition) is 1. The molecule has 0 spiro atoms. The van der Waals surface area contributed by atoms with Gasteiger partial charge in [-0.25, -0.2) is 0 Å². The van der Waals surface area contributed by atoms with Crippen molar-refractivity contribution in [2.75, 3.05) is 18.1 Å². The van der Waals surface area contributed by atoms with Gasteiger partial charge >= 0.3 is 0 Å². The summed E-state index contributed by atoms with van der Waals surface area (Å²) in [5, 5.41) is 8.66. The predicted octanol–water partition coefficient (Wildman–Crippen LogP) is 6.06. The van der Waals surface area contributed by atoms with E-state index in [0.717, 1.165) is 6.42 Å². The van der Waals surface area contributed by atoms with E-state index in [4.69, 9.17) is 5.11 Å². The zero-order valence-electron chi connectivity index (χ0n) is 12.9. The van der Waals surface area contributed by atoms with Crippen LogP contribution in [0.3, 0.4) is 0 Å². The number of rotatable bonds is 16. The first kappa shape index (κ1) is 19.7. The fraction of sp³-hybridized carbons (Fsp3) is 1.00. The molecule has 3 heteroatoms. The highest BCUT2D eigenvalue weighted by atomic mass is 33.1. The molecule has 0 saturated heterocycles. The Morgan fingerprint density at radius 3 is 1.47 bits per heavy atom. The Balaban J connectivity index is 2.88. The predicted molar refractivity (Wildman–Crippen MR) is 93.1 cm³/mol. The first-order chi connectivity index (χ1) is 9.41. The molecule has 0 heterocycles. The van der Waals surface area contributed by atoms with Crippen molar-refractivity contribution < 1.29 is 5.11 Å². The normalized spacial score (nSPS) is 11.1. The fourth-order valence-electron chi connectivity index (χ4n) is 2.04. The van der Waals surface area contributed by atoms with Crippen molar-refractivity contribution in [3.8, 4) is 0 Å². The smallest absolute Gasteiger partial charge is 0.0431 e. The molecule has 0 fully saturated rings. The molecule has 0 aromatic carbocycles. The molecular weight excluding hydrogens is 272 g/mol. The Kier molecular flexibility index (Phi) is 19.3. The minimum Gasteiger partial charge on any atom is -0.396 e. The SMILES string of the molecule is CCCCCCCCCCSSCCCCCCO. The summed E-state index contributed by atoms with van der Waals surface area (Å²) >= 11 is 0. The largest absolute Gasteiger partial charge is 0.396 e. The van der Waals surface area contributed by atoms with Crippen LogP contribution in [0.1, 0.15) is 84.0 Å². The van der Waals surface area contributed by atoms with Gasteiger partial charge in [-0.3, -0.25) is 0 Å². The second-order valence-electron chi connectivity index (χ2n) is 5.26. The van der Waals surface area contributed by atoms with Gasteiger partial charge in [0, 0.05) is 18.1 Å². The maximum atomic E-state index is 8.66. The van der Waals surface area contributed by atoms with Crippen molar-refractivity contribution in [3.05, 3.63) is 0 Å². The molecule has 0 aliphatic carbocycles. The van der Waals surface area contributed by atoms with E-state index in [1.807, 2.05) is 10.8 Å². The molecule has 0 radical (unpaired) electrons. The molecule has 0 aromatic heterocycles. The monoisotopic (exact) mass is 306 g/mol. The molecule has 0 bridgehead atoms. The molecule has 19 heavy (non-hydrogen) atoms. The lowest BCUT2D eigenvalue weighted by molar-refractivity contribution is 0.283. The van der Waals surface area contributed by atoms with Gasteiger partial charge in [0.05, 0.1) is 0 Å². The number of hydrogen-bond acceptors (Lipinski definition) is 3. The van der Waals surface area contributed by atoms with Crippen LogP contribution in [0.25, 0.3) is 0 Å². The third-order valence-electron chi connectivity index (χ3n) is 3.30. The third-order valence-corrected chi connectivity index (χ3v) is 5.88. The Morgan fingerprint density at radius 1 is 0.579 bits per heavy atom. The maximum Gasteiger partial charge on any atom is 0.0431 e. The van der Waals surface area contributed by atoms with E-state index < -0.39 is 0 Å². The van der Waals surface area contributed by atoms with Crippen LogP contribution in [-0.4, -0.2) is 23.2 Å². The second kappa shape index (κ2) is 18.7. The Hall–Kier alpha value is 0.660. The Morgan fingerprint density at radius 2 is 1.00 bits per heavy atom. The van der Waals surface area contributed by atoms with E-state index in [2.05, 4.69) is 17.7 Å². The lowest BCUT2D eigenvalue weighted by Gasteiger charge is -2.02. The summed E-state index contributed by atoms with van der Waals surface area (Å²) in [6.45, 7) is 2.64. The van der Waals surface area contributed by atoms with Crippen LogP contribution in [0.5, 0.6) is 0 Å². The zero-order valence-corrected chi connectivity index (χ0v) is 14.5. The lowest BCUT2D eigenvalue weighted by Crippen LogP contribution is -1.85. The van der Waals surface area contributed by atoms with Gasteiger partial charge in [0.1, 0.15) is 0 Å². The summed E-state index contributed by atoms with van der Waals surface area (Å²) in [4.78, 5) is 0. The average molecular weight is 307 g/mol. The highest BCUT2D eigenvalue weighted by Gasteiger charge is 1.94. The molecule has 0 atom stereocenters. The molecule has 0 aromatic rings. The molecule has 0 rings (SSSR count). The van der Waals surface area contributed by atoms with E-state index in [1.54, 1.807) is 0 Å². The van der Waals surface area contributed by atoms with E-state index >= 15 is 0 Å². The van der Waals surface area contributed by atoms with Crippen molar-refractivity contribution in [1.82, 2.24) is 0 Å². The van der Waals surface area contributed by atoms with E-state index in [9.17, 15) is 0 Å². The summed E-state index contributed by atoms with van der Waals surface area (Å²) in [6.07, 6.45) is 16.2. The highest BCUT2D eigenvalue weighted by Crippen LogP contribution is 2.24. The van der Waals surface area contributed by atoms with Crippen LogP contribution >= 0.6 is 21.6 Å². The van der Waals surface area contributed by atoms with Gasteiger partial charge in [-0.1, -0.05) is 86.3 Å². The first-order valence-electron chi connectivity index (χ1n) is 8.27. The molecule has 116 valence electrons. The van der Waals surface area contributed by atoms with Crippen LogP contribution < -0.4 is 0 Å². The van der Waals surface area contributed by atoms with Gasteiger partial charge in [0.2, 0.25) is 0 Å². The first-order valence-corrected chi connectivity index (χ1v) is 10.8. The zero-order chi connectivity index (χ0) is 14.0. The molecule has 0 aliphatic rings. The van der Waals surface area contributed by atoms with Crippen molar-refractivity contribution >= 4 is 21.6 Å². The number of aliphatic hydroxyl groups is 1. The summed E-state index contributed by atoms with van der Waals surface area (Å²) < 4.78 is 0. The van der Waals surface area contributed by atoms with Crippen molar-refractivity contribution in [2.45, 2.75) is 84.0 Å². The summed E-state index contributed by atoms with van der Waals surface area (Å²) in [5.74, 6) is 2.61. The van der Waals surface area contributed by atoms with Crippen LogP contribution in [0.2, 0.25) is 0 Å². The van der Waals surface area contributed by atoms with Gasteiger partial charge < -0.3 is 5.11 Å². The van der Waals surface area contributed by atoms with Crippen LogP contribution in [0.15, 0.2) is 0 Å². The van der Waals surface area contributed by atoms with Crippen LogP contribution in [-0.2, 0) is 0 Å². The van der Waals surface area contributed by atoms with Crippen LogP contribution in [0.4, 0.5) is 0 Å².